The lowest BCUT2D eigenvalue weighted by molar-refractivity contribution is 1.23. The Morgan fingerprint density at radius 3 is 1.25 bits per heavy atom. The first-order valence-corrected chi connectivity index (χ1v) is 0.832. The Hall–Kier alpha value is -0.400. The van der Waals surface area contributed by atoms with Crippen LogP contribution in [0.4, 0.5) is 0 Å². The van der Waals surface area contributed by atoms with Crippen LogP contribution in [0.1, 0.15) is 0 Å². The molecule has 0 aromatic carbocycles. The van der Waals surface area contributed by atoms with Gasteiger partial charge < -0.3 is 0 Å². The highest BCUT2D eigenvalue weighted by molar-refractivity contribution is 4.19. The predicted octanol–water partition coefficient (Wildman–Crippen LogP) is 1.02. The van der Waals surface area contributed by atoms with Crippen LogP contribution < -0.4 is 0 Å². The Labute approximate surface area is 25.6 Å². The molecule has 2 nitrogen and oxygen atoms in total. The molecule has 4 heavy (non-hydrogen) atoms. The van der Waals surface area contributed by atoms with Crippen LogP contribution in [0.3, 0.4) is 0 Å². The Morgan fingerprint density at radius 1 is 1.00 bits per heavy atom. The summed E-state index contributed by atoms with van der Waals surface area (Å²) in [5.74, 6) is 0. The van der Waals surface area contributed by atoms with Crippen LogP contribution in [0, 0.1) is 14.1 Å². The molecule has 0 atom stereocenters. The van der Waals surface area contributed by atoms with Crippen molar-refractivity contribution in [3.8, 4) is 0 Å². The summed E-state index contributed by atoms with van der Waals surface area (Å²) >= 11 is 0. The van der Waals surface area contributed by atoms with Crippen molar-refractivity contribution in [2.45, 2.75) is 0 Å². The third kappa shape index (κ3) is 1.60. The zero-order valence-corrected chi connectivity index (χ0v) is 2.31. The van der Waals surface area contributed by atoms with E-state index < -0.39 is 0 Å². The van der Waals surface area contributed by atoms with Gasteiger partial charge in [0.15, 0.2) is 0 Å². The van der Waals surface area contributed by atoms with Crippen molar-refractivity contribution >= 4 is 0 Å². The lowest BCUT2D eigenvalue weighted by Gasteiger charge is -1.52. The second kappa shape index (κ2) is 2.60. The molecule has 0 aromatic rings. The lowest BCUT2D eigenvalue weighted by Crippen LogP contribution is -1.27. The first kappa shape index (κ1) is 3.60. The molecule has 0 saturated carbocycles. The molecule has 2 radical (unpaired) electrons. The van der Waals surface area contributed by atoms with Crippen molar-refractivity contribution in [1.29, 1.82) is 0 Å². The SMILES string of the molecule is [CH2]/N=N/[CH2]. The molecule has 0 aliphatic rings. The fourth-order valence-corrected chi connectivity index (χ4v) is 0. The fourth-order valence-electron chi connectivity index (χ4n) is 0. The number of nitrogens with zero attached hydrogens (tertiary/aromatic N) is 2. The minimum absolute atomic E-state index is 3.00. The molecule has 0 fully saturated rings. The first-order valence-electron chi connectivity index (χ1n) is 0.832. The molecule has 0 rings (SSSR count). The van der Waals surface area contributed by atoms with Crippen LogP contribution in [-0.2, 0) is 0 Å². The zero-order chi connectivity index (χ0) is 3.41. The minimum Gasteiger partial charge on any atom is -0.192 e. The third-order valence-corrected chi connectivity index (χ3v) is 0.1000. The summed E-state index contributed by atoms with van der Waals surface area (Å²) in [5.41, 5.74) is 0. The molecule has 22 valence electrons. The van der Waals surface area contributed by atoms with Gasteiger partial charge in [-0.25, -0.2) is 0 Å². The van der Waals surface area contributed by atoms with Gasteiger partial charge in [-0.15, -0.1) is 0 Å². The fraction of sp³-hybridized carbons (Fsp3) is 0. The summed E-state index contributed by atoms with van der Waals surface area (Å²) in [6.45, 7) is 0. The Morgan fingerprint density at radius 2 is 1.25 bits per heavy atom. The summed E-state index contributed by atoms with van der Waals surface area (Å²) in [6, 6.07) is 0. The highest BCUT2D eigenvalue weighted by atomic mass is 15.0. The van der Waals surface area contributed by atoms with E-state index in [0.29, 0.717) is 0 Å². The van der Waals surface area contributed by atoms with Gasteiger partial charge in [0, 0.05) is 0 Å². The number of hydrogen-bond acceptors (Lipinski definition) is 2. The van der Waals surface area contributed by atoms with Gasteiger partial charge in [-0.05, 0) is 0 Å². The van der Waals surface area contributed by atoms with E-state index in [1.807, 2.05) is 0 Å². The van der Waals surface area contributed by atoms with E-state index in [0.717, 1.165) is 0 Å². The number of azo groups is 1. The van der Waals surface area contributed by atoms with Gasteiger partial charge in [0.2, 0.25) is 0 Å². The second-order valence-electron chi connectivity index (χ2n) is 0.283. The van der Waals surface area contributed by atoms with Crippen molar-refractivity contribution in [3.63, 3.8) is 0 Å². The number of hydrogen-bond donors (Lipinski definition) is 0. The van der Waals surface area contributed by atoms with Gasteiger partial charge in [-0.3, -0.25) is 0 Å². The van der Waals surface area contributed by atoms with Gasteiger partial charge in [-0.2, -0.15) is 10.2 Å². The second-order valence-corrected chi connectivity index (χ2v) is 0.283. The Kier molecular flexibility index (Phi) is 2.34. The van der Waals surface area contributed by atoms with Crippen LogP contribution in [0.15, 0.2) is 10.2 Å². The topological polar surface area (TPSA) is 24.7 Å². The van der Waals surface area contributed by atoms with Crippen LogP contribution in [0.5, 0.6) is 0 Å². The smallest absolute Gasteiger partial charge is 0.0812 e. The summed E-state index contributed by atoms with van der Waals surface area (Å²) in [4.78, 5) is 0. The Balaban J connectivity index is 2.55. The van der Waals surface area contributed by atoms with E-state index in [2.05, 4.69) is 24.3 Å². The van der Waals surface area contributed by atoms with Gasteiger partial charge >= 0.3 is 0 Å². The molecule has 0 N–H and O–H groups in total. The molecule has 2 heteroatoms. The molecule has 0 aliphatic heterocycles. The summed E-state index contributed by atoms with van der Waals surface area (Å²) in [5, 5.41) is 6.00. The minimum atomic E-state index is 3.00. The maximum absolute atomic E-state index is 3.00. The molecule has 0 heterocycles. The van der Waals surface area contributed by atoms with E-state index in [4.69, 9.17) is 0 Å². The summed E-state index contributed by atoms with van der Waals surface area (Å²) in [6.07, 6.45) is 0. The van der Waals surface area contributed by atoms with Gasteiger partial charge in [0.05, 0.1) is 14.1 Å². The molecule has 0 amide bonds. The van der Waals surface area contributed by atoms with E-state index in [1.54, 1.807) is 0 Å². The van der Waals surface area contributed by atoms with Crippen molar-refractivity contribution < 1.29 is 0 Å². The zero-order valence-electron chi connectivity index (χ0n) is 2.31. The quantitative estimate of drug-likeness (QED) is 0.370. The van der Waals surface area contributed by atoms with Gasteiger partial charge in [0.25, 0.3) is 0 Å². The van der Waals surface area contributed by atoms with Crippen LogP contribution in [0.25, 0.3) is 0 Å². The van der Waals surface area contributed by atoms with Crippen molar-refractivity contribution in [3.05, 3.63) is 14.1 Å². The average Bonchev–Trinajstić information content (AvgIpc) is 1.37. The van der Waals surface area contributed by atoms with Crippen LogP contribution in [0.2, 0.25) is 0 Å². The molecule has 0 saturated heterocycles. The number of rotatable bonds is 0. The normalized spacial score (nSPS) is 9.50. The van der Waals surface area contributed by atoms with Crippen LogP contribution >= 0.6 is 0 Å². The molecule has 0 aromatic heterocycles. The maximum atomic E-state index is 3.00. The molecular formula is C2H4N2. The standard InChI is InChI=1S/C2H4N2/c1-3-4-2/h1-2H2/b4-3+. The van der Waals surface area contributed by atoms with Crippen molar-refractivity contribution in [2.75, 3.05) is 0 Å². The third-order valence-electron chi connectivity index (χ3n) is 0.1000. The van der Waals surface area contributed by atoms with Gasteiger partial charge in [0.1, 0.15) is 0 Å². The lowest BCUT2D eigenvalue weighted by atomic mass is 11.5. The highest BCUT2D eigenvalue weighted by Gasteiger charge is 1.32. The molecule has 0 aliphatic carbocycles. The van der Waals surface area contributed by atoms with E-state index >= 15 is 0 Å². The van der Waals surface area contributed by atoms with Gasteiger partial charge in [-0.1, -0.05) is 0 Å². The highest BCUT2D eigenvalue weighted by Crippen LogP contribution is 1.57. The summed E-state index contributed by atoms with van der Waals surface area (Å²) < 4.78 is 0. The Bertz CT molecular complexity index is 19.2. The predicted molar refractivity (Wildman–Crippen MR) is 15.6 cm³/mol. The van der Waals surface area contributed by atoms with Crippen LogP contribution in [-0.4, -0.2) is 0 Å². The largest absolute Gasteiger partial charge is 0.192 e. The molecular weight excluding hydrogens is 52.0 g/mol. The monoisotopic (exact) mass is 56.0 g/mol. The molecule has 0 bridgehead atoms. The maximum Gasteiger partial charge on any atom is 0.0812 e. The first-order chi connectivity index (χ1) is 1.91. The van der Waals surface area contributed by atoms with E-state index in [1.165, 1.54) is 0 Å². The molecule has 0 unspecified atom stereocenters. The van der Waals surface area contributed by atoms with Crippen molar-refractivity contribution in [2.24, 2.45) is 10.2 Å². The summed E-state index contributed by atoms with van der Waals surface area (Å²) in [7, 11) is 6.00. The van der Waals surface area contributed by atoms with E-state index in [9.17, 15) is 0 Å². The molecule has 0 spiro atoms. The average molecular weight is 56.1 g/mol. The van der Waals surface area contributed by atoms with Crippen molar-refractivity contribution in [1.82, 2.24) is 0 Å². The van der Waals surface area contributed by atoms with E-state index in [-0.39, 0.29) is 0 Å².